The SMILES string of the molecule is CC1(C(=O)C2CC2N)CN([O-])N([O-])C1. The smallest absolute Gasteiger partial charge is 0.146 e. The van der Waals surface area contributed by atoms with Gasteiger partial charge in [-0.05, 0) is 6.42 Å². The first-order chi connectivity index (χ1) is 6.44. The van der Waals surface area contributed by atoms with Crippen molar-refractivity contribution in [3.05, 3.63) is 10.4 Å². The van der Waals surface area contributed by atoms with Gasteiger partial charge >= 0.3 is 0 Å². The minimum absolute atomic E-state index is 0.0378. The van der Waals surface area contributed by atoms with Crippen molar-refractivity contribution in [2.75, 3.05) is 13.1 Å². The second kappa shape index (κ2) is 2.98. The molecular weight excluding hydrogens is 186 g/mol. The van der Waals surface area contributed by atoms with E-state index in [1.165, 1.54) is 0 Å². The summed E-state index contributed by atoms with van der Waals surface area (Å²) in [6.45, 7) is 1.57. The summed E-state index contributed by atoms with van der Waals surface area (Å²) in [5, 5.41) is 22.5. The highest BCUT2D eigenvalue weighted by Crippen LogP contribution is 2.39. The summed E-state index contributed by atoms with van der Waals surface area (Å²) in [6, 6.07) is -0.0693. The molecule has 6 heteroatoms. The van der Waals surface area contributed by atoms with Crippen molar-refractivity contribution in [2.24, 2.45) is 17.1 Å². The first kappa shape index (κ1) is 10.0. The minimum atomic E-state index is -0.831. The van der Waals surface area contributed by atoms with Crippen molar-refractivity contribution in [2.45, 2.75) is 19.4 Å². The second-order valence-electron chi connectivity index (χ2n) is 4.45. The number of nitrogens with two attached hydrogens (primary N) is 1. The van der Waals surface area contributed by atoms with Crippen molar-refractivity contribution >= 4 is 5.78 Å². The molecule has 0 aromatic carbocycles. The van der Waals surface area contributed by atoms with E-state index in [4.69, 9.17) is 5.73 Å². The van der Waals surface area contributed by atoms with E-state index in [9.17, 15) is 15.2 Å². The molecule has 0 amide bonds. The third-order valence-corrected chi connectivity index (χ3v) is 2.99. The average molecular weight is 199 g/mol. The summed E-state index contributed by atoms with van der Waals surface area (Å²) in [5.74, 6) is -0.177. The molecule has 2 aliphatic rings. The fourth-order valence-electron chi connectivity index (χ4n) is 1.92. The van der Waals surface area contributed by atoms with Crippen molar-refractivity contribution in [1.82, 2.24) is 10.3 Å². The minimum Gasteiger partial charge on any atom is -0.772 e. The van der Waals surface area contributed by atoms with Crippen molar-refractivity contribution < 1.29 is 4.79 Å². The highest BCUT2D eigenvalue weighted by atomic mass is 16.7. The highest BCUT2D eigenvalue weighted by molar-refractivity contribution is 5.90. The zero-order valence-corrected chi connectivity index (χ0v) is 7.97. The Balaban J connectivity index is 2.06. The maximum absolute atomic E-state index is 11.8. The first-order valence-corrected chi connectivity index (χ1v) is 4.63. The molecule has 0 radical (unpaired) electrons. The van der Waals surface area contributed by atoms with Crippen molar-refractivity contribution in [3.8, 4) is 0 Å². The fraction of sp³-hybridized carbons (Fsp3) is 0.875. The summed E-state index contributed by atoms with van der Waals surface area (Å²) >= 11 is 0. The summed E-state index contributed by atoms with van der Waals surface area (Å²) in [6.07, 6.45) is 0.687. The number of hydroxylamine groups is 2. The molecule has 2 N–H and O–H groups in total. The van der Waals surface area contributed by atoms with E-state index in [1.54, 1.807) is 6.92 Å². The van der Waals surface area contributed by atoms with Crippen LogP contribution in [0.2, 0.25) is 0 Å². The number of carbonyl (C=O) groups is 1. The van der Waals surface area contributed by atoms with Crippen LogP contribution in [0.15, 0.2) is 0 Å². The van der Waals surface area contributed by atoms with E-state index in [0.29, 0.717) is 16.8 Å². The molecule has 0 aromatic heterocycles. The number of ketones is 1. The van der Waals surface area contributed by atoms with Crippen molar-refractivity contribution in [3.63, 3.8) is 0 Å². The quantitative estimate of drug-likeness (QED) is 0.640. The molecule has 2 fully saturated rings. The zero-order chi connectivity index (χ0) is 10.5. The molecular formula is C8H13N3O3-2. The molecule has 0 bridgehead atoms. The summed E-state index contributed by atoms with van der Waals surface area (Å²) in [7, 11) is 0. The third-order valence-electron chi connectivity index (χ3n) is 2.99. The van der Waals surface area contributed by atoms with Crippen LogP contribution in [0.25, 0.3) is 0 Å². The zero-order valence-electron chi connectivity index (χ0n) is 7.97. The summed E-state index contributed by atoms with van der Waals surface area (Å²) in [5.41, 5.74) is 4.73. The van der Waals surface area contributed by atoms with E-state index >= 15 is 0 Å². The Morgan fingerprint density at radius 2 is 1.86 bits per heavy atom. The van der Waals surface area contributed by atoms with Crippen LogP contribution in [0.1, 0.15) is 13.3 Å². The van der Waals surface area contributed by atoms with E-state index in [2.05, 4.69) is 0 Å². The number of Topliss-reactive ketones (excluding diaryl/α,β-unsaturated/α-hetero) is 1. The molecule has 2 rings (SSSR count). The van der Waals surface area contributed by atoms with Crippen molar-refractivity contribution in [1.29, 1.82) is 0 Å². The van der Waals surface area contributed by atoms with Crippen LogP contribution in [0.5, 0.6) is 0 Å². The molecule has 1 aliphatic heterocycles. The second-order valence-corrected chi connectivity index (χ2v) is 4.45. The van der Waals surface area contributed by atoms with Gasteiger partial charge in [0.2, 0.25) is 0 Å². The molecule has 1 saturated carbocycles. The Morgan fingerprint density at radius 3 is 2.21 bits per heavy atom. The van der Waals surface area contributed by atoms with Gasteiger partial charge in [-0.15, -0.1) is 0 Å². The lowest BCUT2D eigenvalue weighted by Crippen LogP contribution is -2.35. The van der Waals surface area contributed by atoms with Gasteiger partial charge in [0.15, 0.2) is 0 Å². The van der Waals surface area contributed by atoms with Crippen LogP contribution >= 0.6 is 0 Å². The number of rotatable bonds is 2. The number of hydrazine groups is 1. The van der Waals surface area contributed by atoms with Crippen LogP contribution in [0, 0.1) is 21.7 Å². The Morgan fingerprint density at radius 1 is 1.43 bits per heavy atom. The van der Waals surface area contributed by atoms with Crippen LogP contribution in [0.3, 0.4) is 0 Å². The van der Waals surface area contributed by atoms with Gasteiger partial charge in [0.25, 0.3) is 0 Å². The Labute approximate surface area is 81.8 Å². The maximum atomic E-state index is 11.8. The maximum Gasteiger partial charge on any atom is 0.146 e. The normalized spacial score (nSPS) is 37.4. The molecule has 1 aliphatic carbocycles. The largest absolute Gasteiger partial charge is 0.772 e. The van der Waals surface area contributed by atoms with Gasteiger partial charge in [0, 0.05) is 25.0 Å². The molecule has 2 unspecified atom stereocenters. The highest BCUT2D eigenvalue weighted by Gasteiger charge is 2.49. The Hall–Kier alpha value is -0.530. The van der Waals surface area contributed by atoms with E-state index < -0.39 is 5.41 Å². The molecule has 2 atom stereocenters. The van der Waals surface area contributed by atoms with Crippen LogP contribution in [-0.2, 0) is 4.79 Å². The molecule has 0 spiro atoms. The predicted octanol–water partition coefficient (Wildman–Crippen LogP) is -0.563. The summed E-state index contributed by atoms with van der Waals surface area (Å²) < 4.78 is 0. The molecule has 0 aromatic rings. The predicted molar refractivity (Wildman–Crippen MR) is 49.3 cm³/mol. The van der Waals surface area contributed by atoms with Gasteiger partial charge in [0.05, 0.1) is 5.41 Å². The fourth-order valence-corrected chi connectivity index (χ4v) is 1.92. The van der Waals surface area contributed by atoms with Gasteiger partial charge < -0.3 is 26.5 Å². The lowest BCUT2D eigenvalue weighted by atomic mass is 9.84. The monoisotopic (exact) mass is 199 g/mol. The van der Waals surface area contributed by atoms with Gasteiger partial charge in [-0.1, -0.05) is 6.92 Å². The van der Waals surface area contributed by atoms with Gasteiger partial charge in [-0.3, -0.25) is 4.79 Å². The van der Waals surface area contributed by atoms with Crippen LogP contribution in [-0.4, -0.2) is 35.3 Å². The third kappa shape index (κ3) is 1.45. The summed E-state index contributed by atoms with van der Waals surface area (Å²) in [4.78, 5) is 11.8. The first-order valence-electron chi connectivity index (χ1n) is 4.63. The molecule has 1 heterocycles. The van der Waals surface area contributed by atoms with Gasteiger partial charge in [-0.25, -0.2) is 0 Å². The molecule has 80 valence electrons. The van der Waals surface area contributed by atoms with E-state index in [0.717, 1.165) is 0 Å². The number of carbonyl (C=O) groups excluding carboxylic acids is 1. The number of nitrogens with zero attached hydrogens (tertiary/aromatic N) is 2. The number of hydrogen-bond acceptors (Lipinski definition) is 6. The van der Waals surface area contributed by atoms with E-state index in [-0.39, 0.29) is 30.8 Å². The van der Waals surface area contributed by atoms with E-state index in [1.807, 2.05) is 0 Å². The lowest BCUT2D eigenvalue weighted by molar-refractivity contribution is -0.128. The molecule has 14 heavy (non-hydrogen) atoms. The van der Waals surface area contributed by atoms with Gasteiger partial charge in [0.1, 0.15) is 5.78 Å². The molecule has 6 nitrogen and oxygen atoms in total. The van der Waals surface area contributed by atoms with Crippen LogP contribution < -0.4 is 5.73 Å². The lowest BCUT2D eigenvalue weighted by Gasteiger charge is -2.37. The topological polar surface area (TPSA) is 95.7 Å². The Bertz CT molecular complexity index is 261. The van der Waals surface area contributed by atoms with Gasteiger partial charge in [-0.2, -0.15) is 0 Å². The molecule has 1 saturated heterocycles. The Kier molecular flexibility index (Phi) is 2.13. The van der Waals surface area contributed by atoms with Crippen LogP contribution in [0.4, 0.5) is 0 Å². The standard InChI is InChI=1S/C8H13N3O3/c1-8(3-10(13)11(14)4-8)7(12)5-2-6(5)9/h5-6H,2-4,9H2,1H3/q-2. The number of hydrogen-bond donors (Lipinski definition) is 1. The average Bonchev–Trinajstić information content (AvgIpc) is 2.74.